The Morgan fingerprint density at radius 1 is 1.32 bits per heavy atom. The molecule has 1 atom stereocenters. The highest BCUT2D eigenvalue weighted by molar-refractivity contribution is 5.76. The van der Waals surface area contributed by atoms with Crippen molar-refractivity contribution in [1.82, 2.24) is 9.80 Å². The van der Waals surface area contributed by atoms with Gasteiger partial charge in [-0.25, -0.2) is 0 Å². The molecule has 0 saturated carbocycles. The topological polar surface area (TPSA) is 56.3 Å². The smallest absolute Gasteiger partial charge is 0.223 e. The third kappa shape index (κ3) is 6.30. The molecule has 0 aliphatic carbocycles. The predicted octanol–water partition coefficient (Wildman–Crippen LogP) is 0.973. The monoisotopic (exact) mass is 349 g/mol. The number of hydrogen-bond donors (Lipinski definition) is 1. The first-order valence-electron chi connectivity index (χ1n) is 8.94. The molecule has 1 aliphatic heterocycles. The van der Waals surface area contributed by atoms with Gasteiger partial charge in [-0.05, 0) is 24.6 Å². The van der Waals surface area contributed by atoms with Gasteiger partial charge >= 0.3 is 0 Å². The molecule has 25 heavy (non-hydrogen) atoms. The van der Waals surface area contributed by atoms with Gasteiger partial charge in [0.15, 0.2) is 0 Å². The fourth-order valence-corrected chi connectivity index (χ4v) is 3.16. The van der Waals surface area contributed by atoms with E-state index >= 15 is 0 Å². The van der Waals surface area contributed by atoms with Crippen molar-refractivity contribution in [1.29, 1.82) is 0 Å². The van der Waals surface area contributed by atoms with Gasteiger partial charge in [-0.3, -0.25) is 9.69 Å². The zero-order valence-corrected chi connectivity index (χ0v) is 15.6. The lowest BCUT2D eigenvalue weighted by molar-refractivity contribution is -0.131. The van der Waals surface area contributed by atoms with Crippen LogP contribution in [-0.4, -0.2) is 87.0 Å². The zero-order chi connectivity index (χ0) is 18.2. The molecule has 0 spiro atoms. The second-order valence-corrected chi connectivity index (χ2v) is 6.80. The molecular weight excluding hydrogens is 318 g/mol. The molecule has 2 rings (SSSR count). The number of likely N-dealkylation sites (N-methyl/N-ethyl adjacent to an activating group) is 1. The first kappa shape index (κ1) is 19.7. The summed E-state index contributed by atoms with van der Waals surface area (Å²) in [7, 11) is 3.28. The summed E-state index contributed by atoms with van der Waals surface area (Å²) in [6, 6.07) is 8.60. The van der Waals surface area contributed by atoms with Crippen LogP contribution >= 0.6 is 0 Å². The number of piperazine rings is 1. The van der Waals surface area contributed by atoms with Gasteiger partial charge in [0.05, 0.1) is 12.7 Å². The lowest BCUT2D eigenvalue weighted by Gasteiger charge is -2.36. The fourth-order valence-electron chi connectivity index (χ4n) is 3.16. The first-order chi connectivity index (χ1) is 12.0. The molecule has 1 fully saturated rings. The summed E-state index contributed by atoms with van der Waals surface area (Å²) in [5.74, 6) is 0.0660. The Kier molecular flexibility index (Phi) is 7.68. The Hall–Kier alpha value is -1.63. The van der Waals surface area contributed by atoms with Crippen molar-refractivity contribution in [3.63, 3.8) is 0 Å². The number of aryl methyl sites for hydroxylation is 1. The van der Waals surface area contributed by atoms with Gasteiger partial charge in [0.1, 0.15) is 0 Å². The number of rotatable bonds is 8. The number of methoxy groups -OCH3 is 1. The second-order valence-electron chi connectivity index (χ2n) is 6.80. The van der Waals surface area contributed by atoms with Crippen molar-refractivity contribution in [3.8, 4) is 0 Å². The zero-order valence-electron chi connectivity index (χ0n) is 15.6. The summed E-state index contributed by atoms with van der Waals surface area (Å²) in [5, 5.41) is 9.71. The molecule has 6 heteroatoms. The molecule has 1 unspecified atom stereocenters. The van der Waals surface area contributed by atoms with Crippen LogP contribution in [0, 0.1) is 6.92 Å². The van der Waals surface area contributed by atoms with Crippen LogP contribution in [0.3, 0.4) is 0 Å². The van der Waals surface area contributed by atoms with Crippen molar-refractivity contribution in [3.05, 3.63) is 29.8 Å². The molecular formula is C19H31N3O3. The molecule has 1 aromatic rings. The summed E-state index contributed by atoms with van der Waals surface area (Å²) in [6.45, 7) is 7.36. The van der Waals surface area contributed by atoms with E-state index in [9.17, 15) is 9.90 Å². The minimum Gasteiger partial charge on any atom is -0.389 e. The van der Waals surface area contributed by atoms with Gasteiger partial charge in [0, 0.05) is 65.5 Å². The number of aliphatic hydroxyl groups is 1. The highest BCUT2D eigenvalue weighted by Gasteiger charge is 2.19. The molecule has 0 bridgehead atoms. The van der Waals surface area contributed by atoms with E-state index in [4.69, 9.17) is 4.74 Å². The molecule has 0 radical (unpaired) electrons. The maximum absolute atomic E-state index is 12.2. The maximum Gasteiger partial charge on any atom is 0.223 e. The average Bonchev–Trinajstić information content (AvgIpc) is 2.60. The van der Waals surface area contributed by atoms with Gasteiger partial charge < -0.3 is 19.6 Å². The maximum atomic E-state index is 12.2. The first-order valence-corrected chi connectivity index (χ1v) is 8.94. The van der Waals surface area contributed by atoms with E-state index in [1.54, 1.807) is 19.1 Å². The molecule has 1 heterocycles. The minimum absolute atomic E-state index is 0.0660. The third-order valence-corrected chi connectivity index (χ3v) is 4.65. The number of nitrogens with zero attached hydrogens (tertiary/aromatic N) is 3. The Morgan fingerprint density at radius 3 is 2.68 bits per heavy atom. The van der Waals surface area contributed by atoms with E-state index in [2.05, 4.69) is 41.0 Å². The highest BCUT2D eigenvalue weighted by atomic mass is 16.5. The summed E-state index contributed by atoms with van der Waals surface area (Å²) >= 11 is 0. The Morgan fingerprint density at radius 2 is 2.04 bits per heavy atom. The number of carbonyl (C=O) groups is 1. The quantitative estimate of drug-likeness (QED) is 0.758. The van der Waals surface area contributed by atoms with Crippen LogP contribution in [0.4, 0.5) is 5.69 Å². The summed E-state index contributed by atoms with van der Waals surface area (Å²) < 4.78 is 4.89. The Labute approximate surface area is 151 Å². The van der Waals surface area contributed by atoms with Crippen LogP contribution in [0.25, 0.3) is 0 Å². The van der Waals surface area contributed by atoms with E-state index < -0.39 is 6.10 Å². The number of aliphatic hydroxyl groups excluding tert-OH is 1. The summed E-state index contributed by atoms with van der Waals surface area (Å²) in [4.78, 5) is 18.5. The van der Waals surface area contributed by atoms with Crippen molar-refractivity contribution < 1.29 is 14.6 Å². The molecule has 1 saturated heterocycles. The predicted molar refractivity (Wildman–Crippen MR) is 100.0 cm³/mol. The van der Waals surface area contributed by atoms with E-state index in [-0.39, 0.29) is 12.5 Å². The van der Waals surface area contributed by atoms with Crippen molar-refractivity contribution in [2.45, 2.75) is 19.4 Å². The largest absolute Gasteiger partial charge is 0.389 e. The average molecular weight is 349 g/mol. The van der Waals surface area contributed by atoms with E-state index in [0.29, 0.717) is 13.0 Å². The minimum atomic E-state index is -0.628. The summed E-state index contributed by atoms with van der Waals surface area (Å²) in [6.07, 6.45) is -0.141. The third-order valence-electron chi connectivity index (χ3n) is 4.65. The van der Waals surface area contributed by atoms with Crippen LogP contribution in [0.2, 0.25) is 0 Å². The Balaban J connectivity index is 1.70. The number of anilines is 1. The van der Waals surface area contributed by atoms with Crippen LogP contribution in [0.15, 0.2) is 24.3 Å². The normalized spacial score (nSPS) is 16.7. The SMILES string of the molecule is COCC(O)CN(C)C(=O)CCN1CCN(c2cccc(C)c2)CC1. The molecule has 0 aromatic heterocycles. The van der Waals surface area contributed by atoms with Gasteiger partial charge in [-0.2, -0.15) is 0 Å². The lowest BCUT2D eigenvalue weighted by Crippen LogP contribution is -2.47. The lowest BCUT2D eigenvalue weighted by atomic mass is 10.2. The molecule has 6 nitrogen and oxygen atoms in total. The van der Waals surface area contributed by atoms with Gasteiger partial charge in [0.2, 0.25) is 5.91 Å². The molecule has 1 aromatic carbocycles. The molecule has 1 amide bonds. The van der Waals surface area contributed by atoms with Crippen LogP contribution in [0.5, 0.6) is 0 Å². The van der Waals surface area contributed by atoms with Crippen LogP contribution in [-0.2, 0) is 9.53 Å². The van der Waals surface area contributed by atoms with E-state index in [1.807, 2.05) is 0 Å². The standard InChI is InChI=1S/C19H31N3O3/c1-16-5-4-6-17(13-16)22-11-9-21(10-12-22)8-7-19(24)20(2)14-18(23)15-25-3/h4-6,13,18,23H,7-12,14-15H2,1-3H3. The van der Waals surface area contributed by atoms with Gasteiger partial charge in [0.25, 0.3) is 0 Å². The highest BCUT2D eigenvalue weighted by Crippen LogP contribution is 2.17. The van der Waals surface area contributed by atoms with Crippen LogP contribution in [0.1, 0.15) is 12.0 Å². The molecule has 140 valence electrons. The van der Waals surface area contributed by atoms with Crippen LogP contribution < -0.4 is 4.90 Å². The molecule has 1 aliphatic rings. The number of amides is 1. The van der Waals surface area contributed by atoms with E-state index in [1.165, 1.54) is 11.3 Å². The van der Waals surface area contributed by atoms with Crippen molar-refractivity contribution in [2.24, 2.45) is 0 Å². The van der Waals surface area contributed by atoms with Crippen molar-refractivity contribution in [2.75, 3.05) is 64.9 Å². The summed E-state index contributed by atoms with van der Waals surface area (Å²) in [5.41, 5.74) is 2.56. The van der Waals surface area contributed by atoms with Gasteiger partial charge in [-0.1, -0.05) is 12.1 Å². The number of ether oxygens (including phenoxy) is 1. The number of hydrogen-bond acceptors (Lipinski definition) is 5. The fraction of sp³-hybridized carbons (Fsp3) is 0.632. The van der Waals surface area contributed by atoms with Crippen molar-refractivity contribution >= 4 is 11.6 Å². The van der Waals surface area contributed by atoms with E-state index in [0.717, 1.165) is 32.7 Å². The Bertz CT molecular complexity index is 544. The molecule has 1 N–H and O–H groups in total. The number of benzene rings is 1. The number of carbonyl (C=O) groups excluding carboxylic acids is 1. The van der Waals surface area contributed by atoms with Gasteiger partial charge in [-0.15, -0.1) is 0 Å². The second kappa shape index (κ2) is 9.75.